The van der Waals surface area contributed by atoms with E-state index in [1.165, 1.54) is 111 Å². The van der Waals surface area contributed by atoms with Gasteiger partial charge in [-0.05, 0) is 285 Å². The van der Waals surface area contributed by atoms with E-state index in [0.717, 1.165) is 68.2 Å². The lowest BCUT2D eigenvalue weighted by Crippen LogP contribution is -2.29. The minimum Gasteiger partial charge on any atom is -0.311 e. The highest BCUT2D eigenvalue weighted by molar-refractivity contribution is 6.07. The lowest BCUT2D eigenvalue weighted by Gasteiger charge is -2.36. The average molecular weight is 1270 g/mol. The first-order valence-corrected chi connectivity index (χ1v) is 34.4. The van der Waals surface area contributed by atoms with Gasteiger partial charge in [-0.2, -0.15) is 0 Å². The van der Waals surface area contributed by atoms with Crippen LogP contribution < -0.4 is 19.6 Å². The number of benzene rings is 14. The van der Waals surface area contributed by atoms with Gasteiger partial charge in [0.1, 0.15) is 0 Å². The van der Waals surface area contributed by atoms with Gasteiger partial charge in [0.2, 0.25) is 0 Å². The lowest BCUT2D eigenvalue weighted by molar-refractivity contribution is 0.659. The number of fused-ring (bicyclic) bond motifs is 8. The maximum Gasteiger partial charge on any atom is 0.0714 e. The molecule has 4 heteroatoms. The van der Waals surface area contributed by atoms with Crippen molar-refractivity contribution in [1.82, 2.24) is 0 Å². The van der Waals surface area contributed by atoms with Gasteiger partial charge in [0.05, 0.1) is 5.41 Å². The Morgan fingerprint density at radius 2 is 0.480 bits per heavy atom. The fourth-order valence-corrected chi connectivity index (χ4v) is 15.7. The predicted molar refractivity (Wildman–Crippen MR) is 415 cm³/mol. The number of hydrogen-bond donors (Lipinski definition) is 0. The van der Waals surface area contributed by atoms with Gasteiger partial charge in [-0.15, -0.1) is 0 Å². The fraction of sp³-hybridized carbons (Fsp3) is 0.128. The Morgan fingerprint density at radius 3 is 0.806 bits per heavy atom. The summed E-state index contributed by atoms with van der Waals surface area (Å²) in [7, 11) is 0. The summed E-state index contributed by atoms with van der Waals surface area (Å²) < 4.78 is 0. The van der Waals surface area contributed by atoms with E-state index in [2.05, 4.69) is 392 Å². The van der Waals surface area contributed by atoms with Gasteiger partial charge < -0.3 is 19.6 Å². The Balaban J connectivity index is 0.878. The lowest BCUT2D eigenvalue weighted by atomic mass is 9.66. The monoisotopic (exact) mass is 1260 g/mol. The van der Waals surface area contributed by atoms with Crippen molar-refractivity contribution in [2.75, 3.05) is 19.6 Å². The molecule has 0 unspecified atom stereocenters. The van der Waals surface area contributed by atoms with Crippen LogP contribution in [0.2, 0.25) is 0 Å². The number of rotatable bonds is 14. The molecule has 0 saturated carbocycles. The molecule has 16 rings (SSSR count). The van der Waals surface area contributed by atoms with E-state index in [0.29, 0.717) is 0 Å². The van der Waals surface area contributed by atoms with Crippen LogP contribution in [0.1, 0.15) is 91.7 Å². The van der Waals surface area contributed by atoms with Crippen LogP contribution in [-0.4, -0.2) is 0 Å². The maximum atomic E-state index is 2.60. The summed E-state index contributed by atoms with van der Waals surface area (Å²) in [5.41, 5.74) is 34.9. The third-order valence-corrected chi connectivity index (χ3v) is 20.9. The molecule has 4 nitrogen and oxygen atoms in total. The average Bonchev–Trinajstić information content (AvgIpc) is 1.51. The largest absolute Gasteiger partial charge is 0.311 e. The molecule has 0 aromatic heterocycles. The summed E-state index contributed by atoms with van der Waals surface area (Å²) in [4.78, 5) is 9.52. The van der Waals surface area contributed by atoms with Gasteiger partial charge >= 0.3 is 0 Å². The molecule has 0 bridgehead atoms. The van der Waals surface area contributed by atoms with Crippen LogP contribution in [0.5, 0.6) is 0 Å². The number of anilines is 12. The Labute approximate surface area is 578 Å². The van der Waals surface area contributed by atoms with Crippen LogP contribution in [-0.2, 0) is 10.8 Å². The molecular weight excluding hydrogens is 1190 g/mol. The van der Waals surface area contributed by atoms with E-state index in [4.69, 9.17) is 0 Å². The summed E-state index contributed by atoms with van der Waals surface area (Å²) in [6.07, 6.45) is 0. The Bertz CT molecular complexity index is 4980. The normalized spacial score (nSPS) is 13.0. The molecule has 0 aliphatic heterocycles. The number of nitrogens with zero attached hydrogens (tertiary/aromatic N) is 4. The molecule has 2 aliphatic rings. The topological polar surface area (TPSA) is 13.0 Å². The third-order valence-electron chi connectivity index (χ3n) is 20.9. The molecule has 0 spiro atoms. The molecule has 0 atom stereocenters. The molecule has 0 saturated heterocycles. The Hall–Kier alpha value is -11.5. The van der Waals surface area contributed by atoms with Crippen molar-refractivity contribution in [3.8, 4) is 22.3 Å². The molecule has 476 valence electrons. The summed E-state index contributed by atoms with van der Waals surface area (Å²) in [6.45, 7) is 22.3. The van der Waals surface area contributed by atoms with Gasteiger partial charge in [-0.25, -0.2) is 0 Å². The van der Waals surface area contributed by atoms with Crippen molar-refractivity contribution in [2.24, 2.45) is 0 Å². The number of hydrogen-bond acceptors (Lipinski definition) is 4. The van der Waals surface area contributed by atoms with E-state index < -0.39 is 5.41 Å². The van der Waals surface area contributed by atoms with Crippen molar-refractivity contribution in [3.63, 3.8) is 0 Å². The summed E-state index contributed by atoms with van der Waals surface area (Å²) in [5.74, 6) is 0. The van der Waals surface area contributed by atoms with Crippen molar-refractivity contribution in [2.45, 2.75) is 80.1 Å². The van der Waals surface area contributed by atoms with Gasteiger partial charge in [-0.3, -0.25) is 0 Å². The first-order valence-electron chi connectivity index (χ1n) is 34.4. The van der Waals surface area contributed by atoms with Crippen LogP contribution in [0, 0.1) is 55.4 Å². The minimum atomic E-state index is -0.763. The van der Waals surface area contributed by atoms with Crippen LogP contribution in [0.3, 0.4) is 0 Å². The zero-order chi connectivity index (χ0) is 67.1. The summed E-state index contributed by atoms with van der Waals surface area (Å²) in [5, 5.41) is 2.55. The van der Waals surface area contributed by atoms with E-state index in [-0.39, 0.29) is 5.41 Å². The van der Waals surface area contributed by atoms with Crippen molar-refractivity contribution < 1.29 is 0 Å². The van der Waals surface area contributed by atoms with Crippen LogP contribution in [0.4, 0.5) is 68.2 Å². The van der Waals surface area contributed by atoms with E-state index in [1.807, 2.05) is 0 Å². The predicted octanol–water partition coefficient (Wildman–Crippen LogP) is 25.9. The molecule has 0 fully saturated rings. The van der Waals surface area contributed by atoms with Crippen molar-refractivity contribution in [1.29, 1.82) is 0 Å². The SMILES string of the molecule is Cc1ccc(N(c2ccc(C)cc2)c2ccc(N(c3ccc(C)cc3)c3ccc(C4(c5ccc(N(c6ccc(C)cc6)c6ccc(N(c7ccc(C)cc7)c7ccc(C)cc7)cc6)cc5)c5cc6c(cc5-c5c4cc(C)c4ccccc54)C(C)(C)c4cc(C)ccc4-6)cc3)cc2)cc1. The molecule has 0 amide bonds. The van der Waals surface area contributed by atoms with E-state index in [9.17, 15) is 0 Å². The van der Waals surface area contributed by atoms with Gasteiger partial charge in [0.25, 0.3) is 0 Å². The molecule has 0 heterocycles. The number of aryl methyl sites for hydroxylation is 8. The molecule has 0 N–H and O–H groups in total. The van der Waals surface area contributed by atoms with Crippen LogP contribution in [0.25, 0.3) is 33.0 Å². The molecule has 14 aromatic rings. The van der Waals surface area contributed by atoms with Gasteiger partial charge in [0, 0.05) is 73.7 Å². The second kappa shape index (κ2) is 24.3. The first-order chi connectivity index (χ1) is 47.6. The maximum absolute atomic E-state index is 2.60. The molecule has 14 aromatic carbocycles. The van der Waals surface area contributed by atoms with Gasteiger partial charge in [-0.1, -0.05) is 198 Å². The second-order valence-corrected chi connectivity index (χ2v) is 28.0. The standard InChI is InChI=1S/C94H80N4/c1-61-15-32-71(33-16-61)95(72-34-17-62(2)18-35-72)79-48-52-81(53-49-79)97(75-40-23-65(5)24-41-75)77-44-28-69(29-45-77)94(90-59-86-84-56-27-67(7)57-88(84)93(9,10)89(86)60-87(90)92-85-14-12-11-13-83(85)68(8)58-91(92)94)70-30-46-78(47-31-70)98(76-42-25-66(6)26-43-76)82-54-50-80(51-55-82)96(73-36-19-63(3)20-37-73)74-38-21-64(4)22-39-74/h11-60H,1-10H3. The molecule has 0 radical (unpaired) electrons. The smallest absolute Gasteiger partial charge is 0.0714 e. The molecule has 2 aliphatic carbocycles. The minimum absolute atomic E-state index is 0.213. The fourth-order valence-electron chi connectivity index (χ4n) is 15.7. The highest BCUT2D eigenvalue weighted by Gasteiger charge is 2.49. The third kappa shape index (κ3) is 10.5. The Morgan fingerprint density at radius 1 is 0.214 bits per heavy atom. The second-order valence-electron chi connectivity index (χ2n) is 28.0. The van der Waals surface area contributed by atoms with Gasteiger partial charge in [0.15, 0.2) is 0 Å². The molecule has 98 heavy (non-hydrogen) atoms. The molecular formula is C94H80N4. The van der Waals surface area contributed by atoms with Crippen LogP contribution in [0.15, 0.2) is 303 Å². The van der Waals surface area contributed by atoms with Crippen molar-refractivity contribution in [3.05, 3.63) is 381 Å². The van der Waals surface area contributed by atoms with Crippen molar-refractivity contribution >= 4 is 79.0 Å². The highest BCUT2D eigenvalue weighted by Crippen LogP contribution is 2.62. The summed E-state index contributed by atoms with van der Waals surface area (Å²) in [6, 6.07) is 115. The zero-order valence-corrected chi connectivity index (χ0v) is 57.7. The quantitative estimate of drug-likeness (QED) is 0.108. The zero-order valence-electron chi connectivity index (χ0n) is 57.7. The first kappa shape index (κ1) is 61.4. The Kier molecular flexibility index (Phi) is 15.2. The van der Waals surface area contributed by atoms with E-state index >= 15 is 0 Å². The summed E-state index contributed by atoms with van der Waals surface area (Å²) >= 11 is 0. The highest BCUT2D eigenvalue weighted by atomic mass is 15.2. The van der Waals surface area contributed by atoms with E-state index in [1.54, 1.807) is 0 Å². The van der Waals surface area contributed by atoms with Crippen LogP contribution >= 0.6 is 0 Å².